The van der Waals surface area contributed by atoms with E-state index in [0.717, 1.165) is 47.4 Å². The normalized spacial score (nSPS) is 21.5. The van der Waals surface area contributed by atoms with Crippen LogP contribution in [0.3, 0.4) is 0 Å². The van der Waals surface area contributed by atoms with Gasteiger partial charge in [-0.1, -0.05) is 0 Å². The van der Waals surface area contributed by atoms with Crippen LogP contribution in [0.4, 0.5) is 5.82 Å². The molecule has 148 valence electrons. The fourth-order valence-corrected chi connectivity index (χ4v) is 4.48. The molecule has 3 fully saturated rings. The number of piperidine rings is 2. The van der Waals surface area contributed by atoms with Crippen molar-refractivity contribution in [1.82, 2.24) is 14.6 Å². The summed E-state index contributed by atoms with van der Waals surface area (Å²) < 4.78 is 7.34. The van der Waals surface area contributed by atoms with Crippen LogP contribution in [-0.4, -0.2) is 45.5 Å². The molecule has 0 radical (unpaired) electrons. The van der Waals surface area contributed by atoms with Crippen molar-refractivity contribution in [3.63, 3.8) is 0 Å². The Balaban J connectivity index is 1.50. The molecule has 3 aromatic heterocycles. The summed E-state index contributed by atoms with van der Waals surface area (Å²) in [5.74, 6) is 3.24. The fourth-order valence-electron chi connectivity index (χ4n) is 4.48. The first kappa shape index (κ1) is 18.0. The molecule has 0 unspecified atom stereocenters. The topological polar surface area (TPSA) is 86.7 Å². The number of hydrogen-bond donors (Lipinski definition) is 1. The van der Waals surface area contributed by atoms with Gasteiger partial charge in [-0.25, -0.2) is 9.50 Å². The number of hydrogen-bond acceptors (Lipinski definition) is 6. The molecular formula is C22H23N5O2. The summed E-state index contributed by atoms with van der Waals surface area (Å²) >= 11 is 0. The van der Waals surface area contributed by atoms with Gasteiger partial charge in [-0.15, -0.1) is 0 Å². The first-order valence-corrected chi connectivity index (χ1v) is 10.0. The van der Waals surface area contributed by atoms with Gasteiger partial charge in [0.2, 0.25) is 0 Å². The monoisotopic (exact) mass is 389 g/mol. The molecule has 1 saturated carbocycles. The molecule has 5 heterocycles. The Kier molecular flexibility index (Phi) is 4.36. The Labute approximate surface area is 169 Å². The number of anilines is 1. The van der Waals surface area contributed by atoms with Gasteiger partial charge in [0.25, 0.3) is 0 Å². The van der Waals surface area contributed by atoms with E-state index in [1.165, 1.54) is 12.8 Å². The molecule has 29 heavy (non-hydrogen) atoms. The predicted octanol–water partition coefficient (Wildman–Crippen LogP) is 2.87. The molecule has 3 aliphatic rings. The summed E-state index contributed by atoms with van der Waals surface area (Å²) in [6.07, 6.45) is 7.30. The molecule has 0 aromatic carbocycles. The van der Waals surface area contributed by atoms with Crippen molar-refractivity contribution in [1.29, 1.82) is 5.26 Å². The zero-order valence-corrected chi connectivity index (χ0v) is 16.3. The van der Waals surface area contributed by atoms with Crippen LogP contribution in [0, 0.1) is 23.2 Å². The third-order valence-electron chi connectivity index (χ3n) is 5.87. The van der Waals surface area contributed by atoms with E-state index in [1.54, 1.807) is 23.8 Å². The first-order chi connectivity index (χ1) is 14.1. The van der Waals surface area contributed by atoms with E-state index in [1.807, 2.05) is 18.3 Å². The standard InChI is InChI=1S/C22H23N5O2/c1-14(28)13-29-19-6-20(22-18(7-23)9-25-27(22)12-19)17-2-3-21(24-8-17)26-10-15-4-16(5-15)11-26/h2-3,6,8-9,12,14-16,28H,4-5,10-11,13H2,1H3/t14-,15?,16?/m1/s1. The number of nitriles is 1. The molecule has 1 N–H and O–H groups in total. The minimum absolute atomic E-state index is 0.186. The van der Waals surface area contributed by atoms with Crippen molar-refractivity contribution < 1.29 is 9.84 Å². The summed E-state index contributed by atoms with van der Waals surface area (Å²) in [5.41, 5.74) is 2.97. The van der Waals surface area contributed by atoms with Crippen molar-refractivity contribution in [3.8, 4) is 22.9 Å². The van der Waals surface area contributed by atoms with E-state index >= 15 is 0 Å². The van der Waals surface area contributed by atoms with Gasteiger partial charge in [0.05, 0.1) is 29.6 Å². The molecule has 2 bridgehead atoms. The number of nitrogens with zero attached hydrogens (tertiary/aromatic N) is 5. The number of ether oxygens (including phenoxy) is 1. The van der Waals surface area contributed by atoms with Crippen molar-refractivity contribution in [2.75, 3.05) is 24.6 Å². The third kappa shape index (κ3) is 3.30. The minimum atomic E-state index is -0.571. The Bertz CT molecular complexity index is 1070. The molecule has 0 spiro atoms. The van der Waals surface area contributed by atoms with Crippen molar-refractivity contribution in [2.24, 2.45) is 11.8 Å². The predicted molar refractivity (Wildman–Crippen MR) is 109 cm³/mol. The van der Waals surface area contributed by atoms with Crippen LogP contribution in [0.15, 0.2) is 36.8 Å². The van der Waals surface area contributed by atoms with Gasteiger partial charge in [0, 0.05) is 30.4 Å². The Morgan fingerprint density at radius 1 is 1.28 bits per heavy atom. The van der Waals surface area contributed by atoms with E-state index < -0.39 is 6.10 Å². The van der Waals surface area contributed by atoms with Gasteiger partial charge >= 0.3 is 0 Å². The number of fused-ring (bicyclic) bond motifs is 3. The largest absolute Gasteiger partial charge is 0.489 e. The molecule has 6 rings (SSSR count). The average Bonchev–Trinajstić information content (AvgIpc) is 3.14. The maximum Gasteiger partial charge on any atom is 0.138 e. The zero-order chi connectivity index (χ0) is 20.0. The second-order valence-corrected chi connectivity index (χ2v) is 8.23. The highest BCUT2D eigenvalue weighted by Crippen LogP contribution is 2.41. The summed E-state index contributed by atoms with van der Waals surface area (Å²) in [5, 5.41) is 23.3. The molecule has 3 aromatic rings. The third-order valence-corrected chi connectivity index (χ3v) is 5.87. The van der Waals surface area contributed by atoms with E-state index in [0.29, 0.717) is 11.3 Å². The minimum Gasteiger partial charge on any atom is -0.489 e. The second kappa shape index (κ2) is 7.05. The van der Waals surface area contributed by atoms with Gasteiger partial charge in [0.15, 0.2) is 0 Å². The number of aliphatic hydroxyl groups excluding tert-OH is 1. The van der Waals surface area contributed by atoms with Crippen molar-refractivity contribution in [3.05, 3.63) is 42.4 Å². The summed E-state index contributed by atoms with van der Waals surface area (Å²) in [6.45, 7) is 4.05. The molecular weight excluding hydrogens is 366 g/mol. The van der Waals surface area contributed by atoms with Crippen LogP contribution in [0.1, 0.15) is 25.3 Å². The SMILES string of the molecule is C[C@@H](O)COc1cc(-c2ccc(N3CC4CC(C4)C3)nc2)c2c(C#N)cnn2c1. The van der Waals surface area contributed by atoms with Crippen LogP contribution < -0.4 is 9.64 Å². The molecule has 7 heteroatoms. The zero-order valence-electron chi connectivity index (χ0n) is 16.3. The van der Waals surface area contributed by atoms with Crippen molar-refractivity contribution >= 4 is 11.3 Å². The maximum absolute atomic E-state index is 9.53. The smallest absolute Gasteiger partial charge is 0.138 e. The van der Waals surface area contributed by atoms with Gasteiger partial charge in [-0.2, -0.15) is 10.4 Å². The van der Waals surface area contributed by atoms with Gasteiger partial charge in [0.1, 0.15) is 24.2 Å². The van der Waals surface area contributed by atoms with E-state index in [4.69, 9.17) is 9.72 Å². The molecule has 2 aliphatic heterocycles. The lowest BCUT2D eigenvalue weighted by Gasteiger charge is -2.47. The molecule has 2 saturated heterocycles. The van der Waals surface area contributed by atoms with Crippen LogP contribution in [0.5, 0.6) is 5.75 Å². The first-order valence-electron chi connectivity index (χ1n) is 10.0. The fraction of sp³-hybridized carbons (Fsp3) is 0.409. The lowest BCUT2D eigenvalue weighted by atomic mass is 9.71. The Morgan fingerprint density at radius 2 is 2.07 bits per heavy atom. The van der Waals surface area contributed by atoms with Gasteiger partial charge < -0.3 is 14.7 Å². The summed E-state index contributed by atoms with van der Waals surface area (Å²) in [4.78, 5) is 7.10. The summed E-state index contributed by atoms with van der Waals surface area (Å²) in [6, 6.07) is 8.20. The maximum atomic E-state index is 9.53. The lowest BCUT2D eigenvalue weighted by molar-refractivity contribution is 0.122. The van der Waals surface area contributed by atoms with Crippen molar-refractivity contribution in [2.45, 2.75) is 25.9 Å². The molecule has 0 amide bonds. The highest BCUT2D eigenvalue weighted by molar-refractivity contribution is 5.85. The highest BCUT2D eigenvalue weighted by atomic mass is 16.5. The van der Waals surface area contributed by atoms with Gasteiger partial charge in [-0.05, 0) is 49.8 Å². The number of aliphatic hydroxyl groups is 1. The Hall–Kier alpha value is -3.11. The average molecular weight is 389 g/mol. The van der Waals surface area contributed by atoms with Gasteiger partial charge in [-0.3, -0.25) is 0 Å². The second-order valence-electron chi connectivity index (χ2n) is 8.23. The van der Waals surface area contributed by atoms with Crippen LogP contribution >= 0.6 is 0 Å². The molecule has 1 aliphatic carbocycles. The number of rotatable bonds is 5. The van der Waals surface area contributed by atoms with E-state index in [-0.39, 0.29) is 6.61 Å². The number of aromatic nitrogens is 3. The van der Waals surface area contributed by atoms with E-state index in [9.17, 15) is 10.4 Å². The van der Waals surface area contributed by atoms with Crippen LogP contribution in [0.25, 0.3) is 16.6 Å². The highest BCUT2D eigenvalue weighted by Gasteiger charge is 2.37. The molecule has 1 atom stereocenters. The molecule has 7 nitrogen and oxygen atoms in total. The lowest BCUT2D eigenvalue weighted by Crippen LogP contribution is -2.48. The summed E-state index contributed by atoms with van der Waals surface area (Å²) in [7, 11) is 0. The van der Waals surface area contributed by atoms with Crippen LogP contribution in [0.2, 0.25) is 0 Å². The number of pyridine rings is 2. The van der Waals surface area contributed by atoms with Crippen LogP contribution in [-0.2, 0) is 0 Å². The quantitative estimate of drug-likeness (QED) is 0.722. The Morgan fingerprint density at radius 3 is 2.72 bits per heavy atom. The van der Waals surface area contributed by atoms with E-state index in [2.05, 4.69) is 22.1 Å².